The Bertz CT molecular complexity index is 555. The lowest BCUT2D eigenvalue weighted by Gasteiger charge is -2.07. The summed E-state index contributed by atoms with van der Waals surface area (Å²) in [6, 6.07) is 12.7. The molecule has 0 aromatic heterocycles. The second-order valence-electron chi connectivity index (χ2n) is 3.64. The van der Waals surface area contributed by atoms with Crippen molar-refractivity contribution in [3.8, 4) is 5.75 Å². The Labute approximate surface area is 109 Å². The first kappa shape index (κ1) is 12.3. The van der Waals surface area contributed by atoms with Gasteiger partial charge in [-0.1, -0.05) is 17.7 Å². The van der Waals surface area contributed by atoms with Crippen LogP contribution < -0.4 is 10.6 Å². The molecule has 0 fully saturated rings. The van der Waals surface area contributed by atoms with E-state index in [0.717, 1.165) is 0 Å². The van der Waals surface area contributed by atoms with Gasteiger partial charge in [0, 0.05) is 16.4 Å². The molecule has 18 heavy (non-hydrogen) atoms. The maximum absolute atomic E-state index is 11.7. The average molecular weight is 263 g/mol. The Hall–Kier alpha value is -2.20. The molecule has 2 aromatic rings. The summed E-state index contributed by atoms with van der Waals surface area (Å²) in [6.07, 6.45) is 0. The lowest BCUT2D eigenvalue weighted by atomic mass is 10.3. The van der Waals surface area contributed by atoms with Gasteiger partial charge in [-0.2, -0.15) is 0 Å². The summed E-state index contributed by atoms with van der Waals surface area (Å²) in [7, 11) is 0. The summed E-state index contributed by atoms with van der Waals surface area (Å²) in [4.78, 5) is 11.7. The highest BCUT2D eigenvalue weighted by Gasteiger charge is 2.02. The van der Waals surface area contributed by atoms with E-state index in [2.05, 4.69) is 10.6 Å². The number of hydrogen-bond donors (Lipinski definition) is 3. The number of amides is 2. The number of phenols is 1. The minimum atomic E-state index is -0.372. The number of phenolic OH excluding ortho intramolecular Hbond substituents is 1. The number of halogens is 1. The van der Waals surface area contributed by atoms with Crippen molar-refractivity contribution in [3.05, 3.63) is 53.6 Å². The van der Waals surface area contributed by atoms with E-state index in [1.807, 2.05) is 0 Å². The number of hydrogen-bond acceptors (Lipinski definition) is 2. The van der Waals surface area contributed by atoms with E-state index in [4.69, 9.17) is 16.7 Å². The number of rotatable bonds is 2. The van der Waals surface area contributed by atoms with Crippen molar-refractivity contribution in [2.24, 2.45) is 0 Å². The highest BCUT2D eigenvalue weighted by molar-refractivity contribution is 6.30. The third-order valence-corrected chi connectivity index (χ3v) is 2.44. The van der Waals surface area contributed by atoms with Gasteiger partial charge >= 0.3 is 6.03 Å². The van der Waals surface area contributed by atoms with Gasteiger partial charge < -0.3 is 15.7 Å². The molecule has 0 atom stereocenters. The summed E-state index contributed by atoms with van der Waals surface area (Å²) >= 11 is 5.81. The number of carbonyl (C=O) groups excluding carboxylic acids is 1. The molecular formula is C13H11ClN2O2. The lowest BCUT2D eigenvalue weighted by molar-refractivity contribution is 0.262. The van der Waals surface area contributed by atoms with Gasteiger partial charge in [-0.05, 0) is 42.5 Å². The molecule has 2 rings (SSSR count). The molecule has 0 aliphatic rings. The number of carbonyl (C=O) groups is 1. The molecule has 0 unspecified atom stereocenters. The summed E-state index contributed by atoms with van der Waals surface area (Å²) in [6.45, 7) is 0. The smallest absolute Gasteiger partial charge is 0.323 e. The van der Waals surface area contributed by atoms with Crippen molar-refractivity contribution >= 4 is 29.0 Å². The zero-order valence-electron chi connectivity index (χ0n) is 9.35. The predicted molar refractivity (Wildman–Crippen MR) is 72.2 cm³/mol. The van der Waals surface area contributed by atoms with Gasteiger partial charge in [0.1, 0.15) is 5.75 Å². The second kappa shape index (κ2) is 5.42. The number of benzene rings is 2. The monoisotopic (exact) mass is 262 g/mol. The van der Waals surface area contributed by atoms with Crippen molar-refractivity contribution in [1.29, 1.82) is 0 Å². The van der Waals surface area contributed by atoms with Crippen molar-refractivity contribution in [1.82, 2.24) is 0 Å². The van der Waals surface area contributed by atoms with E-state index in [1.165, 1.54) is 12.1 Å². The molecule has 2 amide bonds. The molecule has 0 radical (unpaired) electrons. The first-order chi connectivity index (χ1) is 8.63. The first-order valence-electron chi connectivity index (χ1n) is 5.26. The van der Waals surface area contributed by atoms with E-state index in [0.29, 0.717) is 16.4 Å². The van der Waals surface area contributed by atoms with Crippen LogP contribution in [0.1, 0.15) is 0 Å². The fourth-order valence-electron chi connectivity index (χ4n) is 1.40. The molecule has 0 aliphatic carbocycles. The van der Waals surface area contributed by atoms with Crippen LogP contribution in [-0.4, -0.2) is 11.1 Å². The topological polar surface area (TPSA) is 61.4 Å². The molecule has 92 valence electrons. The molecule has 0 saturated carbocycles. The molecule has 0 heterocycles. The minimum Gasteiger partial charge on any atom is -0.508 e. The largest absolute Gasteiger partial charge is 0.508 e. The van der Waals surface area contributed by atoms with Crippen LogP contribution in [0.3, 0.4) is 0 Å². The maximum Gasteiger partial charge on any atom is 0.323 e. The molecule has 0 spiro atoms. The molecule has 0 bridgehead atoms. The van der Waals surface area contributed by atoms with Crippen LogP contribution >= 0.6 is 11.6 Å². The van der Waals surface area contributed by atoms with E-state index >= 15 is 0 Å². The van der Waals surface area contributed by atoms with Gasteiger partial charge in [0.2, 0.25) is 0 Å². The van der Waals surface area contributed by atoms with Crippen LogP contribution in [0.25, 0.3) is 0 Å². The quantitative estimate of drug-likeness (QED) is 0.723. The molecule has 4 nitrogen and oxygen atoms in total. The first-order valence-corrected chi connectivity index (χ1v) is 5.64. The summed E-state index contributed by atoms with van der Waals surface area (Å²) in [5.74, 6) is 0.149. The van der Waals surface area contributed by atoms with Crippen LogP contribution in [0.4, 0.5) is 16.2 Å². The molecule has 3 N–H and O–H groups in total. The van der Waals surface area contributed by atoms with Gasteiger partial charge in [-0.15, -0.1) is 0 Å². The van der Waals surface area contributed by atoms with E-state index in [-0.39, 0.29) is 11.8 Å². The lowest BCUT2D eigenvalue weighted by Crippen LogP contribution is -2.19. The fraction of sp³-hybridized carbons (Fsp3) is 0. The molecule has 2 aromatic carbocycles. The predicted octanol–water partition coefficient (Wildman–Crippen LogP) is 3.69. The standard InChI is InChI=1S/C13H11ClN2O2/c14-9-2-1-3-11(8-9)16-13(18)15-10-4-6-12(17)7-5-10/h1-8,17H,(H2,15,16,18). The van der Waals surface area contributed by atoms with Crippen molar-refractivity contribution in [3.63, 3.8) is 0 Å². The van der Waals surface area contributed by atoms with Crippen molar-refractivity contribution < 1.29 is 9.90 Å². The Kier molecular flexibility index (Phi) is 3.69. The highest BCUT2D eigenvalue weighted by Crippen LogP contribution is 2.16. The van der Waals surface area contributed by atoms with Gasteiger partial charge in [0.25, 0.3) is 0 Å². The zero-order chi connectivity index (χ0) is 13.0. The SMILES string of the molecule is O=C(Nc1ccc(O)cc1)Nc1cccc(Cl)c1. The number of aromatic hydroxyl groups is 1. The van der Waals surface area contributed by atoms with Crippen LogP contribution in [0, 0.1) is 0 Å². The molecule has 0 saturated heterocycles. The van der Waals surface area contributed by atoms with Crippen molar-refractivity contribution in [2.45, 2.75) is 0 Å². The third kappa shape index (κ3) is 3.40. The third-order valence-electron chi connectivity index (χ3n) is 2.21. The minimum absolute atomic E-state index is 0.149. The maximum atomic E-state index is 11.7. The zero-order valence-corrected chi connectivity index (χ0v) is 10.1. The summed E-state index contributed by atoms with van der Waals surface area (Å²) in [5.41, 5.74) is 1.20. The Morgan fingerprint density at radius 1 is 1.00 bits per heavy atom. The van der Waals surface area contributed by atoms with Gasteiger partial charge in [0.15, 0.2) is 0 Å². The number of nitrogens with one attached hydrogen (secondary N) is 2. The Morgan fingerprint density at radius 2 is 1.67 bits per heavy atom. The highest BCUT2D eigenvalue weighted by atomic mass is 35.5. The second-order valence-corrected chi connectivity index (χ2v) is 4.07. The van der Waals surface area contributed by atoms with E-state index < -0.39 is 0 Å². The van der Waals surface area contributed by atoms with Crippen molar-refractivity contribution in [2.75, 3.05) is 10.6 Å². The molecule has 5 heteroatoms. The number of anilines is 2. The fourth-order valence-corrected chi connectivity index (χ4v) is 1.59. The molecule has 0 aliphatic heterocycles. The van der Waals surface area contributed by atoms with Gasteiger partial charge in [-0.3, -0.25) is 0 Å². The Morgan fingerprint density at radius 3 is 2.33 bits per heavy atom. The average Bonchev–Trinajstić information content (AvgIpc) is 2.32. The van der Waals surface area contributed by atoms with E-state index in [1.54, 1.807) is 36.4 Å². The Balaban J connectivity index is 1.98. The van der Waals surface area contributed by atoms with Crippen LogP contribution in [0.15, 0.2) is 48.5 Å². The normalized spacial score (nSPS) is 9.83. The van der Waals surface area contributed by atoms with Gasteiger partial charge in [-0.25, -0.2) is 4.79 Å². The van der Waals surface area contributed by atoms with Crippen LogP contribution in [-0.2, 0) is 0 Å². The summed E-state index contributed by atoms with van der Waals surface area (Å²) < 4.78 is 0. The summed E-state index contributed by atoms with van der Waals surface area (Å²) in [5, 5.41) is 14.9. The number of urea groups is 1. The van der Waals surface area contributed by atoms with Gasteiger partial charge in [0.05, 0.1) is 0 Å². The van der Waals surface area contributed by atoms with Crippen LogP contribution in [0.5, 0.6) is 5.75 Å². The van der Waals surface area contributed by atoms with E-state index in [9.17, 15) is 4.79 Å². The molecular weight excluding hydrogens is 252 g/mol. The van der Waals surface area contributed by atoms with Crippen LogP contribution in [0.2, 0.25) is 5.02 Å².